The van der Waals surface area contributed by atoms with Crippen molar-refractivity contribution in [1.29, 1.82) is 0 Å². The third-order valence-corrected chi connectivity index (χ3v) is 7.70. The molecule has 2 aliphatic rings. The van der Waals surface area contributed by atoms with E-state index < -0.39 is 0 Å². The molecule has 0 unspecified atom stereocenters. The summed E-state index contributed by atoms with van der Waals surface area (Å²) in [6.07, 6.45) is 8.23. The summed E-state index contributed by atoms with van der Waals surface area (Å²) in [5.41, 5.74) is 6.52. The van der Waals surface area contributed by atoms with Crippen molar-refractivity contribution in [2.75, 3.05) is 11.6 Å². The highest BCUT2D eigenvalue weighted by Gasteiger charge is 2.32. The lowest BCUT2D eigenvalue weighted by Gasteiger charge is -2.42. The molecule has 0 N–H and O–H groups in total. The SMILES string of the molecule is Cc1ccc(N2CN(C3CCCCCC3)Cn3c2nc(C)c(Cc2ccccc2)c3=O)cc1C. The number of anilines is 2. The standard InChI is InChI=1S/C29H36N4O/c1-21-15-16-26(17-22(21)2)32-19-31(25-13-9-4-5-10-14-25)20-33-28(34)27(23(3)30-29(32)33)18-24-11-7-6-8-12-24/h6-8,11-12,15-17,25H,4-5,9-10,13-14,18-20H2,1-3H3. The number of aromatic nitrogens is 2. The van der Waals surface area contributed by atoms with Crippen LogP contribution in [-0.4, -0.2) is 27.2 Å². The number of benzene rings is 2. The minimum Gasteiger partial charge on any atom is -0.298 e. The Balaban J connectivity index is 1.59. The molecule has 2 heterocycles. The Hall–Kier alpha value is -2.92. The van der Waals surface area contributed by atoms with Crippen LogP contribution in [0.15, 0.2) is 53.3 Å². The highest BCUT2D eigenvalue weighted by Crippen LogP contribution is 2.32. The summed E-state index contributed by atoms with van der Waals surface area (Å²) in [6.45, 7) is 7.67. The molecular formula is C29H36N4O. The van der Waals surface area contributed by atoms with Crippen LogP contribution in [0.3, 0.4) is 0 Å². The average molecular weight is 457 g/mol. The van der Waals surface area contributed by atoms with Crippen LogP contribution in [0.4, 0.5) is 11.6 Å². The van der Waals surface area contributed by atoms with Gasteiger partial charge in [-0.3, -0.25) is 19.2 Å². The van der Waals surface area contributed by atoms with E-state index in [9.17, 15) is 4.79 Å². The summed E-state index contributed by atoms with van der Waals surface area (Å²) >= 11 is 0. The smallest absolute Gasteiger partial charge is 0.259 e. The molecule has 5 nitrogen and oxygen atoms in total. The summed E-state index contributed by atoms with van der Waals surface area (Å²) < 4.78 is 1.93. The maximum absolute atomic E-state index is 13.9. The van der Waals surface area contributed by atoms with Gasteiger partial charge in [0.05, 0.1) is 19.0 Å². The van der Waals surface area contributed by atoms with E-state index in [4.69, 9.17) is 4.98 Å². The maximum Gasteiger partial charge on any atom is 0.259 e. The minimum absolute atomic E-state index is 0.0958. The van der Waals surface area contributed by atoms with Gasteiger partial charge in [0.15, 0.2) is 0 Å². The number of fused-ring (bicyclic) bond motifs is 1. The molecular weight excluding hydrogens is 420 g/mol. The number of hydrogen-bond donors (Lipinski definition) is 0. The summed E-state index contributed by atoms with van der Waals surface area (Å²) in [7, 11) is 0. The highest BCUT2D eigenvalue weighted by molar-refractivity contribution is 5.60. The first-order valence-electron chi connectivity index (χ1n) is 12.7. The number of hydrogen-bond acceptors (Lipinski definition) is 4. The number of rotatable bonds is 4. The molecule has 178 valence electrons. The second-order valence-electron chi connectivity index (χ2n) is 10.1. The van der Waals surface area contributed by atoms with Crippen LogP contribution < -0.4 is 10.5 Å². The first-order chi connectivity index (χ1) is 16.5. The molecule has 1 aliphatic heterocycles. The fourth-order valence-electron chi connectivity index (χ4n) is 5.44. The van der Waals surface area contributed by atoms with Crippen molar-refractivity contribution in [1.82, 2.24) is 14.5 Å². The van der Waals surface area contributed by atoms with Gasteiger partial charge in [0.1, 0.15) is 0 Å². The van der Waals surface area contributed by atoms with Crippen molar-refractivity contribution in [3.63, 3.8) is 0 Å². The molecule has 1 fully saturated rings. The van der Waals surface area contributed by atoms with Crippen molar-refractivity contribution in [3.05, 3.63) is 86.8 Å². The van der Waals surface area contributed by atoms with Gasteiger partial charge in [0.2, 0.25) is 5.95 Å². The van der Waals surface area contributed by atoms with Crippen LogP contribution in [0.5, 0.6) is 0 Å². The Bertz CT molecular complexity index is 1210. The van der Waals surface area contributed by atoms with Crippen LogP contribution in [0.1, 0.15) is 66.5 Å². The summed E-state index contributed by atoms with van der Waals surface area (Å²) in [5.74, 6) is 0.771. The number of aryl methyl sites for hydroxylation is 3. The van der Waals surface area contributed by atoms with Gasteiger partial charge in [-0.2, -0.15) is 0 Å². The fourth-order valence-corrected chi connectivity index (χ4v) is 5.44. The predicted octanol–water partition coefficient (Wildman–Crippen LogP) is 5.85. The molecule has 0 atom stereocenters. The molecule has 0 amide bonds. The van der Waals surface area contributed by atoms with E-state index in [0.717, 1.165) is 35.1 Å². The normalized spacial score (nSPS) is 17.4. The van der Waals surface area contributed by atoms with Crippen LogP contribution in [0, 0.1) is 20.8 Å². The van der Waals surface area contributed by atoms with Gasteiger partial charge in [0, 0.05) is 23.7 Å². The second kappa shape index (κ2) is 9.75. The average Bonchev–Trinajstić information content (AvgIpc) is 3.13. The molecule has 0 radical (unpaired) electrons. The van der Waals surface area contributed by atoms with Crippen molar-refractivity contribution < 1.29 is 0 Å². The zero-order valence-electron chi connectivity index (χ0n) is 20.8. The molecule has 5 heteroatoms. The van der Waals surface area contributed by atoms with Crippen molar-refractivity contribution >= 4 is 11.6 Å². The van der Waals surface area contributed by atoms with Crippen LogP contribution in [0.2, 0.25) is 0 Å². The Morgan fingerprint density at radius 3 is 2.32 bits per heavy atom. The Kier molecular flexibility index (Phi) is 6.55. The molecule has 2 aromatic carbocycles. The van der Waals surface area contributed by atoms with Crippen LogP contribution in [-0.2, 0) is 13.1 Å². The molecule has 0 bridgehead atoms. The van der Waals surface area contributed by atoms with E-state index in [1.807, 2.05) is 29.7 Å². The van der Waals surface area contributed by atoms with Gasteiger partial charge < -0.3 is 0 Å². The summed E-state index contributed by atoms with van der Waals surface area (Å²) in [6, 6.07) is 17.3. The second-order valence-corrected chi connectivity index (χ2v) is 10.1. The highest BCUT2D eigenvalue weighted by atomic mass is 16.1. The lowest BCUT2D eigenvalue weighted by atomic mass is 10.0. The van der Waals surface area contributed by atoms with E-state index >= 15 is 0 Å². The summed E-state index contributed by atoms with van der Waals surface area (Å²) in [5, 5.41) is 0. The summed E-state index contributed by atoms with van der Waals surface area (Å²) in [4.78, 5) is 23.7. The zero-order chi connectivity index (χ0) is 23.7. The van der Waals surface area contributed by atoms with Gasteiger partial charge in [-0.25, -0.2) is 4.98 Å². The molecule has 3 aromatic rings. The van der Waals surface area contributed by atoms with Gasteiger partial charge in [-0.05, 0) is 62.4 Å². The van der Waals surface area contributed by atoms with E-state index in [1.165, 1.54) is 49.7 Å². The maximum atomic E-state index is 13.9. The lowest BCUT2D eigenvalue weighted by molar-refractivity contribution is 0.123. The first-order valence-corrected chi connectivity index (χ1v) is 12.7. The minimum atomic E-state index is 0.0958. The van der Waals surface area contributed by atoms with E-state index in [0.29, 0.717) is 19.1 Å². The quantitative estimate of drug-likeness (QED) is 0.462. The van der Waals surface area contributed by atoms with E-state index in [2.05, 4.69) is 54.0 Å². The van der Waals surface area contributed by atoms with Crippen molar-refractivity contribution in [3.8, 4) is 0 Å². The van der Waals surface area contributed by atoms with E-state index in [-0.39, 0.29) is 5.56 Å². The zero-order valence-corrected chi connectivity index (χ0v) is 20.8. The number of nitrogens with zero attached hydrogens (tertiary/aromatic N) is 4. The third kappa shape index (κ3) is 4.54. The Morgan fingerprint density at radius 2 is 1.62 bits per heavy atom. The molecule has 1 saturated carbocycles. The van der Waals surface area contributed by atoms with Crippen LogP contribution in [0.25, 0.3) is 0 Å². The fraction of sp³-hybridized carbons (Fsp3) is 0.448. The van der Waals surface area contributed by atoms with Crippen molar-refractivity contribution in [2.24, 2.45) is 0 Å². The van der Waals surface area contributed by atoms with Crippen molar-refractivity contribution in [2.45, 2.75) is 78.4 Å². The lowest BCUT2D eigenvalue weighted by Crippen LogP contribution is -2.51. The molecule has 0 saturated heterocycles. The first kappa shape index (κ1) is 22.9. The molecule has 34 heavy (non-hydrogen) atoms. The largest absolute Gasteiger partial charge is 0.298 e. The monoisotopic (exact) mass is 456 g/mol. The Morgan fingerprint density at radius 1 is 0.882 bits per heavy atom. The van der Waals surface area contributed by atoms with Gasteiger partial charge >= 0.3 is 0 Å². The predicted molar refractivity (Wildman–Crippen MR) is 139 cm³/mol. The van der Waals surface area contributed by atoms with Crippen LogP contribution >= 0.6 is 0 Å². The van der Waals surface area contributed by atoms with Gasteiger partial charge in [-0.1, -0.05) is 62.1 Å². The third-order valence-electron chi connectivity index (χ3n) is 7.70. The molecule has 0 spiro atoms. The Labute approximate surface area is 203 Å². The molecule has 5 rings (SSSR count). The molecule has 1 aliphatic carbocycles. The molecule has 1 aromatic heterocycles. The van der Waals surface area contributed by atoms with Gasteiger partial charge in [0.25, 0.3) is 5.56 Å². The van der Waals surface area contributed by atoms with E-state index in [1.54, 1.807) is 0 Å². The van der Waals surface area contributed by atoms with Gasteiger partial charge in [-0.15, -0.1) is 0 Å². The topological polar surface area (TPSA) is 41.4 Å².